The highest BCUT2D eigenvalue weighted by Gasteiger charge is 2.24. The van der Waals surface area contributed by atoms with Gasteiger partial charge >= 0.3 is 5.97 Å². The van der Waals surface area contributed by atoms with Crippen LogP contribution in [0.3, 0.4) is 0 Å². The first-order valence-corrected chi connectivity index (χ1v) is 11.0. The van der Waals surface area contributed by atoms with Crippen LogP contribution >= 0.6 is 23.2 Å². The molecular weight excluding hydrogens is 455 g/mol. The molecule has 4 rings (SSSR count). The average Bonchev–Trinajstić information content (AvgIpc) is 3.25. The monoisotopic (exact) mass is 476 g/mol. The predicted octanol–water partition coefficient (Wildman–Crippen LogP) is 3.09. The summed E-state index contributed by atoms with van der Waals surface area (Å²) >= 11 is 12.2. The van der Waals surface area contributed by atoms with Crippen LogP contribution in [0.5, 0.6) is 0 Å². The summed E-state index contributed by atoms with van der Waals surface area (Å²) in [4.78, 5) is 36.3. The molecule has 1 aliphatic heterocycles. The van der Waals surface area contributed by atoms with Crippen molar-refractivity contribution in [3.05, 3.63) is 40.5 Å². The van der Waals surface area contributed by atoms with Gasteiger partial charge in [0.05, 0.1) is 22.8 Å². The van der Waals surface area contributed by atoms with E-state index in [1.54, 1.807) is 22.8 Å². The summed E-state index contributed by atoms with van der Waals surface area (Å²) in [5, 5.41) is 5.60. The summed E-state index contributed by atoms with van der Waals surface area (Å²) in [5.74, 6) is 0.780. The Kier molecular flexibility index (Phi) is 6.76. The van der Waals surface area contributed by atoms with Crippen LogP contribution in [0.15, 0.2) is 30.5 Å². The fraction of sp³-hybridized carbons (Fsp3) is 0.381. The number of rotatable bonds is 6. The van der Waals surface area contributed by atoms with Crippen LogP contribution in [-0.2, 0) is 14.3 Å². The third-order valence-corrected chi connectivity index (χ3v) is 6.10. The van der Waals surface area contributed by atoms with Crippen molar-refractivity contribution in [1.29, 1.82) is 0 Å². The second-order valence-corrected chi connectivity index (χ2v) is 8.19. The molecule has 0 unspecified atom stereocenters. The molecule has 0 spiro atoms. The quantitative estimate of drug-likeness (QED) is 0.504. The number of halogens is 2. The fourth-order valence-corrected chi connectivity index (χ4v) is 3.89. The van der Waals surface area contributed by atoms with E-state index in [0.29, 0.717) is 60.8 Å². The maximum absolute atomic E-state index is 12.4. The van der Waals surface area contributed by atoms with Crippen LogP contribution in [0.1, 0.15) is 19.3 Å². The third-order valence-electron chi connectivity index (χ3n) is 5.36. The summed E-state index contributed by atoms with van der Waals surface area (Å²) in [7, 11) is 1.35. The minimum absolute atomic E-state index is 0.0417. The maximum Gasteiger partial charge on any atom is 0.305 e. The summed E-state index contributed by atoms with van der Waals surface area (Å²) < 4.78 is 6.29. The van der Waals surface area contributed by atoms with Crippen LogP contribution in [0.25, 0.3) is 17.0 Å². The molecule has 1 fully saturated rings. The minimum atomic E-state index is -0.297. The average molecular weight is 477 g/mol. The van der Waals surface area contributed by atoms with E-state index >= 15 is 0 Å². The van der Waals surface area contributed by atoms with Crippen molar-refractivity contribution in [2.75, 3.05) is 38.2 Å². The molecule has 32 heavy (non-hydrogen) atoms. The van der Waals surface area contributed by atoms with Crippen molar-refractivity contribution >= 4 is 46.8 Å². The Balaban J connectivity index is 1.43. The van der Waals surface area contributed by atoms with Crippen LogP contribution in [0.2, 0.25) is 10.0 Å². The number of piperazine rings is 1. The fourth-order valence-electron chi connectivity index (χ4n) is 3.59. The minimum Gasteiger partial charge on any atom is -0.469 e. The van der Waals surface area contributed by atoms with Crippen LogP contribution in [0, 0.1) is 0 Å². The van der Waals surface area contributed by atoms with Crippen molar-refractivity contribution in [3.8, 4) is 11.3 Å². The molecule has 2 aromatic heterocycles. The van der Waals surface area contributed by atoms with Crippen LogP contribution < -0.4 is 4.90 Å². The molecule has 1 aromatic carbocycles. The molecule has 168 valence electrons. The number of aromatic nitrogens is 4. The number of carbonyl (C=O) groups excluding carboxylic acids is 2. The van der Waals surface area contributed by atoms with E-state index < -0.39 is 0 Å². The second-order valence-electron chi connectivity index (χ2n) is 7.38. The van der Waals surface area contributed by atoms with Gasteiger partial charge in [-0.15, -0.1) is 5.10 Å². The molecule has 0 bridgehead atoms. The van der Waals surface area contributed by atoms with Gasteiger partial charge in [0, 0.05) is 50.8 Å². The first kappa shape index (κ1) is 22.3. The number of fused-ring (bicyclic) bond motifs is 1. The number of anilines is 1. The Bertz CT molecular complexity index is 1140. The molecule has 3 heterocycles. The van der Waals surface area contributed by atoms with Gasteiger partial charge in [0.15, 0.2) is 0 Å². The Labute approximate surface area is 194 Å². The molecule has 0 N–H and O–H groups in total. The second kappa shape index (κ2) is 9.70. The van der Waals surface area contributed by atoms with Crippen molar-refractivity contribution in [1.82, 2.24) is 24.5 Å². The highest BCUT2D eigenvalue weighted by atomic mass is 35.5. The van der Waals surface area contributed by atoms with Crippen LogP contribution in [0.4, 0.5) is 5.95 Å². The Morgan fingerprint density at radius 2 is 1.84 bits per heavy atom. The molecule has 3 aromatic rings. The van der Waals surface area contributed by atoms with E-state index in [0.717, 1.165) is 11.3 Å². The van der Waals surface area contributed by atoms with Gasteiger partial charge in [-0.05, 0) is 24.6 Å². The lowest BCUT2D eigenvalue weighted by Crippen LogP contribution is -2.49. The molecule has 9 nitrogen and oxygen atoms in total. The lowest BCUT2D eigenvalue weighted by molar-refractivity contribution is -0.140. The summed E-state index contributed by atoms with van der Waals surface area (Å²) in [5.41, 5.74) is 1.65. The Morgan fingerprint density at radius 1 is 1.06 bits per heavy atom. The van der Waals surface area contributed by atoms with Gasteiger partial charge in [-0.3, -0.25) is 9.59 Å². The Morgan fingerprint density at radius 3 is 2.56 bits per heavy atom. The van der Waals surface area contributed by atoms with E-state index in [1.165, 1.54) is 7.11 Å². The topological polar surface area (TPSA) is 92.9 Å². The zero-order chi connectivity index (χ0) is 22.7. The van der Waals surface area contributed by atoms with E-state index in [2.05, 4.69) is 19.8 Å². The first-order chi connectivity index (χ1) is 15.5. The third kappa shape index (κ3) is 4.78. The maximum atomic E-state index is 12.4. The lowest BCUT2D eigenvalue weighted by atomic mass is 10.1. The van der Waals surface area contributed by atoms with Gasteiger partial charge in [-0.2, -0.15) is 9.50 Å². The summed E-state index contributed by atoms with van der Waals surface area (Å²) in [6.07, 6.45) is 2.75. The molecular formula is C21H22Cl2N6O3. The number of nitrogens with zero attached hydrogens (tertiary/aromatic N) is 6. The molecule has 0 aliphatic carbocycles. The Hall–Kier alpha value is -2.91. The molecule has 0 radical (unpaired) electrons. The number of amides is 1. The number of hydrogen-bond donors (Lipinski definition) is 0. The summed E-state index contributed by atoms with van der Waals surface area (Å²) in [6, 6.07) is 7.24. The highest BCUT2D eigenvalue weighted by molar-refractivity contribution is 6.42. The molecule has 1 amide bonds. The lowest BCUT2D eigenvalue weighted by Gasteiger charge is -2.34. The van der Waals surface area contributed by atoms with Gasteiger partial charge in [0.25, 0.3) is 5.78 Å². The van der Waals surface area contributed by atoms with Crippen molar-refractivity contribution in [2.24, 2.45) is 0 Å². The summed E-state index contributed by atoms with van der Waals surface area (Å²) in [6.45, 7) is 2.36. The van der Waals surface area contributed by atoms with Crippen LogP contribution in [-0.4, -0.2) is 69.6 Å². The van der Waals surface area contributed by atoms with E-state index in [-0.39, 0.29) is 18.3 Å². The van der Waals surface area contributed by atoms with Gasteiger partial charge < -0.3 is 14.5 Å². The number of ether oxygens (including phenoxy) is 1. The largest absolute Gasteiger partial charge is 0.469 e. The van der Waals surface area contributed by atoms with Crippen molar-refractivity contribution < 1.29 is 14.3 Å². The zero-order valence-corrected chi connectivity index (χ0v) is 19.0. The zero-order valence-electron chi connectivity index (χ0n) is 17.5. The standard InChI is InChI=1S/C21H22Cl2N6O3/c1-32-19(31)4-2-3-18(30)27-9-11-28(12-10-27)21-25-20-24-8-7-17(29(20)26-21)14-5-6-15(22)16(23)13-14/h5-8,13H,2-4,9-12H2,1H3. The number of methoxy groups -OCH3 is 1. The first-order valence-electron chi connectivity index (χ1n) is 10.2. The smallest absolute Gasteiger partial charge is 0.305 e. The van der Waals surface area contributed by atoms with Gasteiger partial charge in [0.2, 0.25) is 11.9 Å². The number of esters is 1. The molecule has 0 saturated carbocycles. The normalized spacial score (nSPS) is 14.1. The number of carbonyl (C=O) groups is 2. The van der Waals surface area contributed by atoms with Gasteiger partial charge in [-0.1, -0.05) is 29.3 Å². The molecule has 1 saturated heterocycles. The van der Waals surface area contributed by atoms with Gasteiger partial charge in [-0.25, -0.2) is 4.98 Å². The highest BCUT2D eigenvalue weighted by Crippen LogP contribution is 2.28. The van der Waals surface area contributed by atoms with Crippen molar-refractivity contribution in [2.45, 2.75) is 19.3 Å². The predicted molar refractivity (Wildman–Crippen MR) is 121 cm³/mol. The van der Waals surface area contributed by atoms with E-state index in [4.69, 9.17) is 23.2 Å². The van der Waals surface area contributed by atoms with E-state index in [9.17, 15) is 9.59 Å². The molecule has 0 atom stereocenters. The van der Waals surface area contributed by atoms with E-state index in [1.807, 2.05) is 21.9 Å². The molecule has 1 aliphatic rings. The number of benzene rings is 1. The van der Waals surface area contributed by atoms with Crippen molar-refractivity contribution in [3.63, 3.8) is 0 Å². The van der Waals surface area contributed by atoms with Gasteiger partial charge in [0.1, 0.15) is 0 Å². The SMILES string of the molecule is COC(=O)CCCC(=O)N1CCN(c2nc3nccc(-c4ccc(Cl)c(Cl)c4)n3n2)CC1. The number of hydrogen-bond acceptors (Lipinski definition) is 7. The molecule has 11 heteroatoms.